The first-order valence-electron chi connectivity index (χ1n) is 3.48. The summed E-state index contributed by atoms with van der Waals surface area (Å²) in [5.41, 5.74) is 0. The van der Waals surface area contributed by atoms with Crippen molar-refractivity contribution in [3.8, 4) is 0 Å². The SMILES string of the molecule is [CH3][Sn]([CH3])([CH3])[c]1cnc(F)cn1. The molecule has 11 heavy (non-hydrogen) atoms. The molecule has 0 fully saturated rings. The van der Waals surface area contributed by atoms with Crippen LogP contribution in [0.25, 0.3) is 0 Å². The summed E-state index contributed by atoms with van der Waals surface area (Å²) in [5.74, 6) is -0.496. The maximum atomic E-state index is 12.3. The normalized spacial score (nSPS) is 11.6. The van der Waals surface area contributed by atoms with Crippen LogP contribution >= 0.6 is 0 Å². The Morgan fingerprint density at radius 2 is 1.82 bits per heavy atom. The zero-order valence-corrected chi connectivity index (χ0v) is 9.78. The molecule has 0 aliphatic carbocycles. The molecule has 0 atom stereocenters. The predicted octanol–water partition coefficient (Wildman–Crippen LogP) is 1.16. The van der Waals surface area contributed by atoms with Gasteiger partial charge in [-0.25, -0.2) is 0 Å². The molecular weight excluding hydrogens is 250 g/mol. The average Bonchev–Trinajstić information content (AvgIpc) is 1.86. The van der Waals surface area contributed by atoms with Gasteiger partial charge >= 0.3 is 69.6 Å². The van der Waals surface area contributed by atoms with E-state index < -0.39 is 24.3 Å². The average molecular weight is 261 g/mol. The Kier molecular flexibility index (Phi) is 2.46. The topological polar surface area (TPSA) is 25.8 Å². The van der Waals surface area contributed by atoms with E-state index in [2.05, 4.69) is 24.8 Å². The van der Waals surface area contributed by atoms with Gasteiger partial charge in [0.1, 0.15) is 0 Å². The van der Waals surface area contributed by atoms with Crippen LogP contribution in [0.15, 0.2) is 12.4 Å². The van der Waals surface area contributed by atoms with Crippen molar-refractivity contribution < 1.29 is 4.39 Å². The van der Waals surface area contributed by atoms with Gasteiger partial charge in [-0.2, -0.15) is 0 Å². The molecule has 1 aromatic heterocycles. The molecule has 2 nitrogen and oxygen atoms in total. The van der Waals surface area contributed by atoms with E-state index in [0.717, 1.165) is 3.71 Å². The molecule has 1 heterocycles. The molecule has 0 aromatic carbocycles. The van der Waals surface area contributed by atoms with Crippen LogP contribution in [-0.2, 0) is 0 Å². The first kappa shape index (κ1) is 8.90. The van der Waals surface area contributed by atoms with Crippen LogP contribution in [0.2, 0.25) is 14.8 Å². The number of hydrogen-bond donors (Lipinski definition) is 0. The molecule has 0 N–H and O–H groups in total. The van der Waals surface area contributed by atoms with Crippen LogP contribution < -0.4 is 3.71 Å². The van der Waals surface area contributed by atoms with Crippen molar-refractivity contribution in [2.45, 2.75) is 14.8 Å². The van der Waals surface area contributed by atoms with E-state index in [0.29, 0.717) is 0 Å². The third kappa shape index (κ3) is 2.39. The van der Waals surface area contributed by atoms with Crippen molar-refractivity contribution in [2.75, 3.05) is 0 Å². The number of halogens is 1. The molecule has 1 rings (SSSR count). The van der Waals surface area contributed by atoms with Crippen molar-refractivity contribution in [2.24, 2.45) is 0 Å². The van der Waals surface area contributed by atoms with E-state index in [9.17, 15) is 4.39 Å². The first-order valence-corrected chi connectivity index (χ1v) is 13.5. The van der Waals surface area contributed by atoms with E-state index in [1.54, 1.807) is 6.20 Å². The van der Waals surface area contributed by atoms with Crippen LogP contribution in [0, 0.1) is 5.95 Å². The molecule has 0 aliphatic heterocycles. The summed E-state index contributed by atoms with van der Waals surface area (Å²) in [5, 5.41) is 0. The fraction of sp³-hybridized carbons (Fsp3) is 0.429. The van der Waals surface area contributed by atoms with Gasteiger partial charge in [0, 0.05) is 0 Å². The third-order valence-electron chi connectivity index (χ3n) is 1.39. The molecule has 0 spiro atoms. The minimum atomic E-state index is -2.08. The molecule has 0 aliphatic rings. The van der Waals surface area contributed by atoms with Crippen LogP contribution in [0.1, 0.15) is 0 Å². The van der Waals surface area contributed by atoms with Crippen molar-refractivity contribution in [1.29, 1.82) is 0 Å². The van der Waals surface area contributed by atoms with Gasteiger partial charge in [-0.3, -0.25) is 0 Å². The van der Waals surface area contributed by atoms with Gasteiger partial charge < -0.3 is 0 Å². The van der Waals surface area contributed by atoms with Gasteiger partial charge in [-0.05, 0) is 0 Å². The second kappa shape index (κ2) is 3.05. The van der Waals surface area contributed by atoms with E-state index >= 15 is 0 Å². The van der Waals surface area contributed by atoms with Crippen molar-refractivity contribution >= 4 is 22.1 Å². The molecule has 0 radical (unpaired) electrons. The zero-order valence-electron chi connectivity index (χ0n) is 6.93. The van der Waals surface area contributed by atoms with E-state index in [4.69, 9.17) is 0 Å². The van der Waals surface area contributed by atoms with Crippen molar-refractivity contribution in [3.05, 3.63) is 18.3 Å². The molecule has 60 valence electrons. The minimum absolute atomic E-state index is 0.496. The maximum absolute atomic E-state index is 12.3. The Labute approximate surface area is 69.7 Å². The summed E-state index contributed by atoms with van der Waals surface area (Å²) in [4.78, 5) is 14.2. The monoisotopic (exact) mass is 262 g/mol. The predicted molar refractivity (Wildman–Crippen MR) is 45.0 cm³/mol. The number of hydrogen-bond acceptors (Lipinski definition) is 2. The van der Waals surface area contributed by atoms with Gasteiger partial charge in [-0.15, -0.1) is 0 Å². The van der Waals surface area contributed by atoms with Gasteiger partial charge in [0.15, 0.2) is 0 Å². The molecule has 0 saturated heterocycles. The number of rotatable bonds is 1. The molecule has 4 heteroatoms. The van der Waals surface area contributed by atoms with Crippen LogP contribution in [0.3, 0.4) is 0 Å². The Hall–Kier alpha value is -0.191. The molecular formula is C7H11FN2Sn. The summed E-state index contributed by atoms with van der Waals surface area (Å²) in [6.07, 6.45) is 2.75. The molecule has 0 bridgehead atoms. The quantitative estimate of drug-likeness (QED) is 0.709. The van der Waals surface area contributed by atoms with Gasteiger partial charge in [-0.1, -0.05) is 0 Å². The summed E-state index contributed by atoms with van der Waals surface area (Å²) >= 11 is -2.08. The molecule has 0 unspecified atom stereocenters. The Morgan fingerprint density at radius 1 is 1.18 bits per heavy atom. The van der Waals surface area contributed by atoms with Crippen LogP contribution in [-0.4, -0.2) is 28.3 Å². The van der Waals surface area contributed by atoms with Gasteiger partial charge in [0.05, 0.1) is 0 Å². The van der Waals surface area contributed by atoms with Crippen LogP contribution in [0.5, 0.6) is 0 Å². The first-order chi connectivity index (χ1) is 5.00. The Morgan fingerprint density at radius 3 is 2.18 bits per heavy atom. The Bertz CT molecular complexity index is 240. The van der Waals surface area contributed by atoms with Crippen molar-refractivity contribution in [3.63, 3.8) is 0 Å². The number of nitrogens with zero attached hydrogens (tertiary/aromatic N) is 2. The van der Waals surface area contributed by atoms with Gasteiger partial charge in [0.25, 0.3) is 0 Å². The summed E-state index contributed by atoms with van der Waals surface area (Å²) in [6, 6.07) is 0. The van der Waals surface area contributed by atoms with Crippen molar-refractivity contribution in [1.82, 2.24) is 9.97 Å². The van der Waals surface area contributed by atoms with Gasteiger partial charge in [0.2, 0.25) is 0 Å². The Balaban J connectivity index is 2.99. The number of aromatic nitrogens is 2. The molecule has 0 amide bonds. The third-order valence-corrected chi connectivity index (χ3v) is 6.51. The summed E-state index contributed by atoms with van der Waals surface area (Å²) < 4.78 is 13.3. The second-order valence-electron chi connectivity index (χ2n) is 3.47. The second-order valence-corrected chi connectivity index (χ2v) is 17.8. The van der Waals surface area contributed by atoms with E-state index in [-0.39, 0.29) is 0 Å². The molecule has 0 saturated carbocycles. The molecule has 1 aromatic rings. The van der Waals surface area contributed by atoms with Crippen LogP contribution in [0.4, 0.5) is 4.39 Å². The fourth-order valence-electron chi connectivity index (χ4n) is 0.700. The summed E-state index contributed by atoms with van der Waals surface area (Å²) in [7, 11) is 0. The standard InChI is InChI=1S/C4H2FN2.3CH3.Sn/c5-4-3-6-1-2-7-4;;;;/h2-3H;3*1H3;. The summed E-state index contributed by atoms with van der Waals surface area (Å²) in [6.45, 7) is 0. The fourth-order valence-corrected chi connectivity index (χ4v) is 3.28. The van der Waals surface area contributed by atoms with E-state index in [1.807, 2.05) is 0 Å². The van der Waals surface area contributed by atoms with E-state index in [1.165, 1.54) is 6.20 Å². The zero-order chi connectivity index (χ0) is 8.48.